The van der Waals surface area contributed by atoms with Crippen LogP contribution < -0.4 is 5.32 Å². The largest absolute Gasteiger partial charge is 0.352 e. The molecule has 7 heteroatoms. The zero-order chi connectivity index (χ0) is 23.5. The normalized spacial score (nSPS) is 16.6. The Kier molecular flexibility index (Phi) is 7.13. The molecule has 1 saturated heterocycles. The van der Waals surface area contributed by atoms with Crippen LogP contribution in [0.5, 0.6) is 0 Å². The summed E-state index contributed by atoms with van der Waals surface area (Å²) < 4.78 is 4.31. The summed E-state index contributed by atoms with van der Waals surface area (Å²) in [7, 11) is 0. The quantitative estimate of drug-likeness (QED) is 0.300. The van der Waals surface area contributed by atoms with Gasteiger partial charge in [-0.25, -0.2) is 4.98 Å². The number of carbonyl (C=O) groups is 1. The van der Waals surface area contributed by atoms with Crippen LogP contribution in [-0.4, -0.2) is 33.4 Å². The van der Waals surface area contributed by atoms with Crippen molar-refractivity contribution in [1.29, 1.82) is 0 Å². The molecule has 1 N–H and O–H groups in total. The summed E-state index contributed by atoms with van der Waals surface area (Å²) >= 11 is 7.06. The molecule has 34 heavy (non-hydrogen) atoms. The Morgan fingerprint density at radius 3 is 2.65 bits per heavy atom. The fourth-order valence-corrected chi connectivity index (χ4v) is 5.29. The van der Waals surface area contributed by atoms with Crippen molar-refractivity contribution in [3.05, 3.63) is 93.1 Å². The molecule has 4 aromatic rings. The van der Waals surface area contributed by atoms with Gasteiger partial charge in [-0.05, 0) is 67.4 Å². The predicted molar refractivity (Wildman–Crippen MR) is 143 cm³/mol. The van der Waals surface area contributed by atoms with Gasteiger partial charge in [-0.2, -0.15) is 0 Å². The summed E-state index contributed by atoms with van der Waals surface area (Å²) in [5, 5.41) is 3.13. The first kappa shape index (κ1) is 23.3. The van der Waals surface area contributed by atoms with Crippen LogP contribution in [0.1, 0.15) is 24.2 Å². The number of nitrogens with one attached hydrogen (secondary N) is 1. The highest BCUT2D eigenvalue weighted by Gasteiger charge is 2.27. The number of hydrogen-bond acceptors (Lipinski definition) is 3. The highest BCUT2D eigenvalue weighted by molar-refractivity contribution is 9.10. The minimum absolute atomic E-state index is 0.00658. The van der Waals surface area contributed by atoms with Crippen LogP contribution in [0, 0.1) is 5.92 Å². The number of para-hydroxylation sites is 2. The van der Waals surface area contributed by atoms with Gasteiger partial charge in [0.2, 0.25) is 5.91 Å². The molecule has 1 aliphatic rings. The number of aromatic nitrogens is 2. The monoisotopic (exact) mass is 580 g/mol. The maximum absolute atomic E-state index is 12.9. The average molecular weight is 582 g/mol. The highest BCUT2D eigenvalue weighted by Crippen LogP contribution is 2.26. The van der Waals surface area contributed by atoms with Crippen molar-refractivity contribution >= 4 is 48.8 Å². The number of amides is 1. The SMILES string of the molecule is O=C(NCc1ccc(Br)cc1)[C@@H]1CCCN(Cc2nc3ccccc3n2-c2cccc(Br)c2)C1. The van der Waals surface area contributed by atoms with Crippen molar-refractivity contribution in [1.82, 2.24) is 19.8 Å². The fraction of sp³-hybridized carbons (Fsp3) is 0.259. The van der Waals surface area contributed by atoms with Crippen molar-refractivity contribution in [2.75, 3.05) is 13.1 Å². The third-order valence-electron chi connectivity index (χ3n) is 6.32. The summed E-state index contributed by atoms with van der Waals surface area (Å²) in [6.07, 6.45) is 1.93. The summed E-state index contributed by atoms with van der Waals surface area (Å²) in [6, 6.07) is 24.6. The van der Waals surface area contributed by atoms with Crippen LogP contribution in [0.15, 0.2) is 81.7 Å². The van der Waals surface area contributed by atoms with E-state index in [4.69, 9.17) is 4.98 Å². The van der Waals surface area contributed by atoms with Crippen LogP contribution in [0.4, 0.5) is 0 Å². The maximum atomic E-state index is 12.9. The molecule has 2 heterocycles. The molecule has 1 atom stereocenters. The molecule has 5 nitrogen and oxygen atoms in total. The molecule has 0 saturated carbocycles. The Morgan fingerprint density at radius 1 is 1.00 bits per heavy atom. The first-order valence-electron chi connectivity index (χ1n) is 11.5. The summed E-state index contributed by atoms with van der Waals surface area (Å²) in [4.78, 5) is 20.3. The molecule has 0 bridgehead atoms. The van der Waals surface area contributed by atoms with Crippen LogP contribution in [0.2, 0.25) is 0 Å². The Balaban J connectivity index is 1.31. The van der Waals surface area contributed by atoms with E-state index in [0.717, 1.165) is 63.0 Å². The van der Waals surface area contributed by atoms with Crippen molar-refractivity contribution in [2.45, 2.75) is 25.9 Å². The van der Waals surface area contributed by atoms with E-state index < -0.39 is 0 Å². The number of rotatable bonds is 6. The van der Waals surface area contributed by atoms with Gasteiger partial charge < -0.3 is 5.32 Å². The number of carbonyl (C=O) groups excluding carboxylic acids is 1. The van der Waals surface area contributed by atoms with Crippen LogP contribution in [0.25, 0.3) is 16.7 Å². The Hall–Kier alpha value is -2.48. The van der Waals surface area contributed by atoms with E-state index in [1.165, 1.54) is 0 Å². The number of halogens is 2. The number of piperidine rings is 1. The van der Waals surface area contributed by atoms with Crippen molar-refractivity contribution in [3.8, 4) is 5.69 Å². The lowest BCUT2D eigenvalue weighted by Gasteiger charge is -2.31. The van der Waals surface area contributed by atoms with Gasteiger partial charge in [0.15, 0.2) is 0 Å². The highest BCUT2D eigenvalue weighted by atomic mass is 79.9. The molecular weight excluding hydrogens is 556 g/mol. The third kappa shape index (κ3) is 5.27. The van der Waals surface area contributed by atoms with Gasteiger partial charge >= 0.3 is 0 Å². The molecule has 1 aliphatic heterocycles. The lowest BCUT2D eigenvalue weighted by molar-refractivity contribution is -0.127. The number of benzene rings is 3. The zero-order valence-corrected chi connectivity index (χ0v) is 21.9. The third-order valence-corrected chi connectivity index (χ3v) is 7.34. The molecule has 0 aliphatic carbocycles. The van der Waals surface area contributed by atoms with Crippen LogP contribution in [-0.2, 0) is 17.9 Å². The lowest BCUT2D eigenvalue weighted by atomic mass is 9.97. The molecule has 1 aromatic heterocycles. The van der Waals surface area contributed by atoms with Gasteiger partial charge in [0.25, 0.3) is 0 Å². The topological polar surface area (TPSA) is 50.2 Å². The van der Waals surface area contributed by atoms with Gasteiger partial charge in [0.1, 0.15) is 5.82 Å². The van der Waals surface area contributed by atoms with E-state index in [0.29, 0.717) is 13.1 Å². The molecule has 0 spiro atoms. The minimum Gasteiger partial charge on any atom is -0.352 e. The van der Waals surface area contributed by atoms with E-state index in [2.05, 4.69) is 77.0 Å². The lowest BCUT2D eigenvalue weighted by Crippen LogP contribution is -2.42. The second-order valence-electron chi connectivity index (χ2n) is 8.75. The van der Waals surface area contributed by atoms with E-state index in [1.807, 2.05) is 42.5 Å². The smallest absolute Gasteiger partial charge is 0.224 e. The predicted octanol–water partition coefficient (Wildman–Crippen LogP) is 6.08. The van der Waals surface area contributed by atoms with Crippen molar-refractivity contribution < 1.29 is 4.79 Å². The summed E-state index contributed by atoms with van der Waals surface area (Å²) in [5.74, 6) is 1.12. The second-order valence-corrected chi connectivity index (χ2v) is 10.6. The van der Waals surface area contributed by atoms with E-state index in [-0.39, 0.29) is 11.8 Å². The molecule has 3 aromatic carbocycles. The van der Waals surface area contributed by atoms with Gasteiger partial charge in [-0.3, -0.25) is 14.3 Å². The van der Waals surface area contributed by atoms with Crippen LogP contribution in [0.3, 0.4) is 0 Å². The fourth-order valence-electron chi connectivity index (χ4n) is 4.63. The van der Waals surface area contributed by atoms with E-state index in [1.54, 1.807) is 0 Å². The second kappa shape index (κ2) is 10.4. The summed E-state index contributed by atoms with van der Waals surface area (Å²) in [6.45, 7) is 2.98. The van der Waals surface area contributed by atoms with Gasteiger partial charge in [0, 0.05) is 27.7 Å². The Bertz CT molecular complexity index is 1300. The maximum Gasteiger partial charge on any atom is 0.224 e. The molecule has 174 valence electrons. The number of nitrogens with zero attached hydrogens (tertiary/aromatic N) is 3. The summed E-state index contributed by atoms with van der Waals surface area (Å²) in [5.41, 5.74) is 4.26. The Morgan fingerprint density at radius 2 is 1.82 bits per heavy atom. The van der Waals surface area contributed by atoms with Crippen molar-refractivity contribution in [3.63, 3.8) is 0 Å². The molecular formula is C27H26Br2N4O. The average Bonchev–Trinajstić information content (AvgIpc) is 3.21. The number of hydrogen-bond donors (Lipinski definition) is 1. The molecule has 1 amide bonds. The van der Waals surface area contributed by atoms with Gasteiger partial charge in [0.05, 0.1) is 23.5 Å². The molecule has 0 unspecified atom stereocenters. The number of fused-ring (bicyclic) bond motifs is 1. The van der Waals surface area contributed by atoms with E-state index in [9.17, 15) is 4.79 Å². The van der Waals surface area contributed by atoms with Crippen LogP contribution >= 0.6 is 31.9 Å². The molecule has 0 radical (unpaired) electrons. The van der Waals surface area contributed by atoms with E-state index >= 15 is 0 Å². The molecule has 5 rings (SSSR count). The van der Waals surface area contributed by atoms with Gasteiger partial charge in [-0.1, -0.05) is 62.2 Å². The number of likely N-dealkylation sites (tertiary alicyclic amines) is 1. The van der Waals surface area contributed by atoms with Gasteiger partial charge in [-0.15, -0.1) is 0 Å². The first-order valence-corrected chi connectivity index (χ1v) is 13.1. The van der Waals surface area contributed by atoms with Crippen molar-refractivity contribution in [2.24, 2.45) is 5.92 Å². The molecule has 1 fully saturated rings. The number of imidazole rings is 1. The standard InChI is InChI=1S/C27H26Br2N4O/c28-21-12-10-19(11-13-21)16-30-27(34)20-5-4-14-32(17-20)18-26-31-24-8-1-2-9-25(24)33(26)23-7-3-6-22(29)15-23/h1-3,6-13,15,20H,4-5,14,16-18H2,(H,30,34)/t20-/m1/s1. The zero-order valence-electron chi connectivity index (χ0n) is 18.8. The first-order chi connectivity index (χ1) is 16.6. The minimum atomic E-state index is -0.00658. The Labute approximate surface area is 216 Å².